The van der Waals surface area contributed by atoms with Gasteiger partial charge in [0.15, 0.2) is 0 Å². The van der Waals surface area contributed by atoms with Crippen molar-refractivity contribution in [2.45, 2.75) is 51.4 Å². The van der Waals surface area contributed by atoms with Crippen molar-refractivity contribution >= 4 is 0 Å². The highest BCUT2D eigenvalue weighted by atomic mass is 19.3. The van der Waals surface area contributed by atoms with Gasteiger partial charge >= 0.3 is 6.61 Å². The second-order valence-corrected chi connectivity index (χ2v) is 5.89. The number of piperidine rings is 1. The maximum Gasteiger partial charge on any atom is 0.387 e. The molecule has 1 aromatic rings. The van der Waals surface area contributed by atoms with E-state index in [1.165, 1.54) is 0 Å². The average molecular weight is 298 g/mol. The average Bonchev–Trinajstić information content (AvgIpc) is 2.43. The van der Waals surface area contributed by atoms with Crippen molar-refractivity contribution in [3.05, 3.63) is 29.8 Å². The van der Waals surface area contributed by atoms with E-state index >= 15 is 0 Å². The Balaban J connectivity index is 1.89. The molecular weight excluding hydrogens is 274 g/mol. The highest BCUT2D eigenvalue weighted by Crippen LogP contribution is 2.22. The van der Waals surface area contributed by atoms with Crippen molar-refractivity contribution in [3.8, 4) is 5.75 Å². The van der Waals surface area contributed by atoms with Crippen LogP contribution in [-0.4, -0.2) is 37.2 Å². The minimum absolute atomic E-state index is 0.200. The summed E-state index contributed by atoms with van der Waals surface area (Å²) in [7, 11) is 2.16. The summed E-state index contributed by atoms with van der Waals surface area (Å²) >= 11 is 0. The van der Waals surface area contributed by atoms with E-state index in [2.05, 4.69) is 35.8 Å². The Morgan fingerprint density at radius 2 is 1.95 bits per heavy atom. The topological polar surface area (TPSA) is 24.5 Å². The number of halogens is 2. The molecule has 3 unspecified atom stereocenters. The largest absolute Gasteiger partial charge is 0.435 e. The van der Waals surface area contributed by atoms with Crippen molar-refractivity contribution in [2.24, 2.45) is 0 Å². The summed E-state index contributed by atoms with van der Waals surface area (Å²) in [4.78, 5) is 2.37. The zero-order valence-corrected chi connectivity index (χ0v) is 12.9. The summed E-state index contributed by atoms with van der Waals surface area (Å²) in [5.41, 5.74) is 1.09. The third-order valence-electron chi connectivity index (χ3n) is 4.30. The van der Waals surface area contributed by atoms with Gasteiger partial charge < -0.3 is 15.0 Å². The summed E-state index contributed by atoms with van der Waals surface area (Å²) in [6.45, 7) is 2.68. The number of benzene rings is 1. The number of rotatable bonds is 5. The molecule has 1 saturated heterocycles. The van der Waals surface area contributed by atoms with Crippen LogP contribution in [0.4, 0.5) is 8.78 Å². The number of likely N-dealkylation sites (tertiary alicyclic amines) is 1. The maximum atomic E-state index is 12.1. The number of alkyl halides is 2. The predicted octanol–water partition coefficient (Wildman–Crippen LogP) is 3.42. The first-order valence-corrected chi connectivity index (χ1v) is 7.46. The molecule has 0 radical (unpaired) electrons. The lowest BCUT2D eigenvalue weighted by Gasteiger charge is -2.36. The Bertz CT molecular complexity index is 438. The van der Waals surface area contributed by atoms with Gasteiger partial charge in [0.05, 0.1) is 0 Å². The molecule has 1 heterocycles. The fourth-order valence-corrected chi connectivity index (χ4v) is 2.83. The number of nitrogens with one attached hydrogen (secondary N) is 1. The SMILES string of the molecule is CC(NC1CCN(C)C(C)C1)c1ccc(OC(F)F)cc1. The van der Waals surface area contributed by atoms with Gasteiger partial charge in [-0.25, -0.2) is 0 Å². The van der Waals surface area contributed by atoms with Crippen molar-refractivity contribution < 1.29 is 13.5 Å². The van der Waals surface area contributed by atoms with E-state index in [4.69, 9.17) is 0 Å². The molecule has 1 aliphatic heterocycles. The highest BCUT2D eigenvalue weighted by molar-refractivity contribution is 5.29. The van der Waals surface area contributed by atoms with Gasteiger partial charge in [0.1, 0.15) is 5.75 Å². The van der Waals surface area contributed by atoms with E-state index in [0.717, 1.165) is 24.9 Å². The maximum absolute atomic E-state index is 12.1. The smallest absolute Gasteiger partial charge is 0.387 e. The first-order valence-electron chi connectivity index (χ1n) is 7.46. The van der Waals surface area contributed by atoms with Crippen LogP contribution in [0, 0.1) is 0 Å². The first-order chi connectivity index (χ1) is 9.95. The molecule has 3 nitrogen and oxygen atoms in total. The third-order valence-corrected chi connectivity index (χ3v) is 4.30. The molecular formula is C16H24F2N2O. The standard InChI is InChI=1S/C16H24F2N2O/c1-11-10-14(8-9-20(11)3)19-12(2)13-4-6-15(7-5-13)21-16(17)18/h4-7,11-12,14,16,19H,8-10H2,1-3H3. The van der Waals surface area contributed by atoms with Crippen LogP contribution < -0.4 is 10.1 Å². The Morgan fingerprint density at radius 1 is 1.29 bits per heavy atom. The number of ether oxygens (including phenoxy) is 1. The molecule has 0 aliphatic carbocycles. The Morgan fingerprint density at radius 3 is 2.52 bits per heavy atom. The van der Waals surface area contributed by atoms with E-state index in [0.29, 0.717) is 12.1 Å². The summed E-state index contributed by atoms with van der Waals surface area (Å²) < 4.78 is 28.6. The van der Waals surface area contributed by atoms with E-state index < -0.39 is 6.61 Å². The zero-order chi connectivity index (χ0) is 15.4. The van der Waals surface area contributed by atoms with Crippen molar-refractivity contribution in [1.82, 2.24) is 10.2 Å². The van der Waals surface area contributed by atoms with Gasteiger partial charge in [0, 0.05) is 18.1 Å². The molecule has 21 heavy (non-hydrogen) atoms. The van der Waals surface area contributed by atoms with Crippen LogP contribution in [0.1, 0.15) is 38.3 Å². The fourth-order valence-electron chi connectivity index (χ4n) is 2.83. The summed E-state index contributed by atoms with van der Waals surface area (Å²) in [6, 6.07) is 8.16. The third kappa shape index (κ3) is 4.64. The summed E-state index contributed by atoms with van der Waals surface area (Å²) in [5.74, 6) is 0.203. The van der Waals surface area contributed by atoms with E-state index in [1.807, 2.05) is 12.1 Å². The summed E-state index contributed by atoms with van der Waals surface area (Å²) in [5, 5.41) is 3.63. The minimum Gasteiger partial charge on any atom is -0.435 e. The predicted molar refractivity (Wildman–Crippen MR) is 79.7 cm³/mol. The van der Waals surface area contributed by atoms with Gasteiger partial charge in [-0.2, -0.15) is 8.78 Å². The van der Waals surface area contributed by atoms with Crippen LogP contribution in [0.5, 0.6) is 5.75 Å². The monoisotopic (exact) mass is 298 g/mol. The molecule has 5 heteroatoms. The van der Waals surface area contributed by atoms with Crippen LogP contribution >= 0.6 is 0 Å². The molecule has 3 atom stereocenters. The molecule has 1 aliphatic rings. The normalized spacial score (nSPS) is 25.0. The Kier molecular flexibility index (Phi) is 5.53. The van der Waals surface area contributed by atoms with Gasteiger partial charge in [-0.05, 0) is 58.0 Å². The Hall–Kier alpha value is -1.20. The van der Waals surface area contributed by atoms with Crippen LogP contribution in [-0.2, 0) is 0 Å². The van der Waals surface area contributed by atoms with E-state index in [1.54, 1.807) is 12.1 Å². The lowest BCUT2D eigenvalue weighted by atomic mass is 9.97. The molecule has 0 amide bonds. The van der Waals surface area contributed by atoms with Crippen LogP contribution in [0.15, 0.2) is 24.3 Å². The number of hydrogen-bond acceptors (Lipinski definition) is 3. The quantitative estimate of drug-likeness (QED) is 0.901. The van der Waals surface area contributed by atoms with Gasteiger partial charge in [-0.1, -0.05) is 12.1 Å². The minimum atomic E-state index is -2.77. The molecule has 0 spiro atoms. The molecule has 118 valence electrons. The molecule has 2 rings (SSSR count). The summed E-state index contributed by atoms with van der Waals surface area (Å²) in [6.07, 6.45) is 2.27. The molecule has 0 bridgehead atoms. The molecule has 0 aromatic heterocycles. The Labute approximate surface area is 125 Å². The second-order valence-electron chi connectivity index (χ2n) is 5.89. The second kappa shape index (κ2) is 7.18. The van der Waals surface area contributed by atoms with Gasteiger partial charge in [0.25, 0.3) is 0 Å². The molecule has 0 saturated carbocycles. The van der Waals surface area contributed by atoms with Gasteiger partial charge in [-0.15, -0.1) is 0 Å². The van der Waals surface area contributed by atoms with E-state index in [9.17, 15) is 8.78 Å². The molecule has 1 N–H and O–H groups in total. The molecule has 1 aromatic carbocycles. The zero-order valence-electron chi connectivity index (χ0n) is 12.9. The number of hydrogen-bond donors (Lipinski definition) is 1. The van der Waals surface area contributed by atoms with E-state index in [-0.39, 0.29) is 11.8 Å². The highest BCUT2D eigenvalue weighted by Gasteiger charge is 2.23. The van der Waals surface area contributed by atoms with Crippen molar-refractivity contribution in [1.29, 1.82) is 0 Å². The van der Waals surface area contributed by atoms with Crippen LogP contribution in [0.3, 0.4) is 0 Å². The lowest BCUT2D eigenvalue weighted by Crippen LogP contribution is -2.46. The lowest BCUT2D eigenvalue weighted by molar-refractivity contribution is -0.0498. The van der Waals surface area contributed by atoms with Crippen molar-refractivity contribution in [2.75, 3.05) is 13.6 Å². The van der Waals surface area contributed by atoms with Gasteiger partial charge in [0.2, 0.25) is 0 Å². The first kappa shape index (κ1) is 16.2. The fraction of sp³-hybridized carbons (Fsp3) is 0.625. The van der Waals surface area contributed by atoms with Crippen molar-refractivity contribution in [3.63, 3.8) is 0 Å². The number of nitrogens with zero attached hydrogens (tertiary/aromatic N) is 1. The van der Waals surface area contributed by atoms with Crippen LogP contribution in [0.25, 0.3) is 0 Å². The molecule has 1 fully saturated rings. The van der Waals surface area contributed by atoms with Gasteiger partial charge in [-0.3, -0.25) is 0 Å². The van der Waals surface area contributed by atoms with Crippen LogP contribution in [0.2, 0.25) is 0 Å².